The number of piperidine rings is 1. The van der Waals surface area contributed by atoms with Crippen LogP contribution in [0, 0.1) is 0 Å². The molecule has 2 rings (SSSR count). The van der Waals surface area contributed by atoms with E-state index in [4.69, 9.17) is 5.11 Å². The average Bonchev–Trinajstić information content (AvgIpc) is 2.41. The fourth-order valence-corrected chi connectivity index (χ4v) is 1.65. The second-order valence-electron chi connectivity index (χ2n) is 4.22. The molecule has 0 saturated carbocycles. The Morgan fingerprint density at radius 2 is 1.76 bits per heavy atom. The van der Waals surface area contributed by atoms with E-state index in [-0.39, 0.29) is 5.78 Å². The Morgan fingerprint density at radius 1 is 1.18 bits per heavy atom. The molecule has 1 aliphatic rings. The third-order valence-electron chi connectivity index (χ3n) is 2.64. The number of rotatable bonds is 2. The maximum absolute atomic E-state index is 11.1. The number of carbonyl (C=O) groups excluding carboxylic acids is 1. The normalized spacial score (nSPS) is 16.6. The van der Waals surface area contributed by atoms with E-state index in [9.17, 15) is 4.79 Å². The SMILES string of the molecule is C1CCNCC1.CC(O)C(=O)c1ccccc1. The molecule has 1 unspecified atom stereocenters. The lowest BCUT2D eigenvalue weighted by Gasteiger charge is -2.08. The molecule has 94 valence electrons. The van der Waals surface area contributed by atoms with Crippen LogP contribution >= 0.6 is 0 Å². The van der Waals surface area contributed by atoms with Crippen LogP contribution in [0.15, 0.2) is 30.3 Å². The summed E-state index contributed by atoms with van der Waals surface area (Å²) in [5.41, 5.74) is 0.558. The van der Waals surface area contributed by atoms with Crippen molar-refractivity contribution in [2.75, 3.05) is 13.1 Å². The number of hydrogen-bond acceptors (Lipinski definition) is 3. The fourth-order valence-electron chi connectivity index (χ4n) is 1.65. The van der Waals surface area contributed by atoms with Gasteiger partial charge < -0.3 is 10.4 Å². The van der Waals surface area contributed by atoms with Crippen molar-refractivity contribution in [3.63, 3.8) is 0 Å². The zero-order valence-electron chi connectivity index (χ0n) is 10.4. The molecule has 0 amide bonds. The largest absolute Gasteiger partial charge is 0.385 e. The number of Topliss-reactive ketones (excluding diaryl/α,β-unsaturated/α-hetero) is 1. The van der Waals surface area contributed by atoms with Gasteiger partial charge in [-0.2, -0.15) is 0 Å². The van der Waals surface area contributed by atoms with Gasteiger partial charge in [0.2, 0.25) is 0 Å². The zero-order chi connectivity index (χ0) is 12.5. The predicted octanol–water partition coefficient (Wildman–Crippen LogP) is 2.01. The van der Waals surface area contributed by atoms with Gasteiger partial charge in [0.15, 0.2) is 5.78 Å². The molecule has 1 aliphatic heterocycles. The summed E-state index contributed by atoms with van der Waals surface area (Å²) in [6, 6.07) is 8.76. The molecular formula is C14H21NO2. The summed E-state index contributed by atoms with van der Waals surface area (Å²) in [6.45, 7) is 3.97. The van der Waals surface area contributed by atoms with Gasteiger partial charge in [0.1, 0.15) is 6.10 Å². The quantitative estimate of drug-likeness (QED) is 0.771. The van der Waals surface area contributed by atoms with Crippen LogP contribution in [0.4, 0.5) is 0 Å². The predicted molar refractivity (Wildman–Crippen MR) is 69.2 cm³/mol. The minimum atomic E-state index is -0.905. The van der Waals surface area contributed by atoms with Crippen molar-refractivity contribution in [1.29, 1.82) is 0 Å². The molecule has 3 heteroatoms. The molecule has 0 bridgehead atoms. The number of hydrogen-bond donors (Lipinski definition) is 2. The summed E-state index contributed by atoms with van der Waals surface area (Å²) in [7, 11) is 0. The molecule has 17 heavy (non-hydrogen) atoms. The van der Waals surface area contributed by atoms with Crippen molar-refractivity contribution in [3.05, 3.63) is 35.9 Å². The lowest BCUT2D eigenvalue weighted by molar-refractivity contribution is 0.0779. The summed E-state index contributed by atoms with van der Waals surface area (Å²) >= 11 is 0. The van der Waals surface area contributed by atoms with E-state index in [2.05, 4.69) is 5.32 Å². The third-order valence-corrected chi connectivity index (χ3v) is 2.64. The number of aliphatic hydroxyl groups excluding tert-OH is 1. The minimum absolute atomic E-state index is 0.231. The smallest absolute Gasteiger partial charge is 0.190 e. The van der Waals surface area contributed by atoms with E-state index < -0.39 is 6.10 Å². The summed E-state index contributed by atoms with van der Waals surface area (Å²) in [4.78, 5) is 11.1. The standard InChI is InChI=1S/C9H10O2.C5H11N/c1-7(10)9(11)8-5-3-2-4-6-8;1-2-4-6-5-3-1/h2-7,10H,1H3;6H,1-5H2. The molecule has 1 aromatic carbocycles. The first-order chi connectivity index (χ1) is 8.22. The molecule has 1 atom stereocenters. The van der Waals surface area contributed by atoms with Gasteiger partial charge >= 0.3 is 0 Å². The van der Waals surface area contributed by atoms with Crippen LogP contribution in [-0.2, 0) is 0 Å². The van der Waals surface area contributed by atoms with Gasteiger partial charge in [0, 0.05) is 5.56 Å². The van der Waals surface area contributed by atoms with E-state index >= 15 is 0 Å². The molecule has 0 aromatic heterocycles. The van der Waals surface area contributed by atoms with Crippen molar-refractivity contribution in [2.24, 2.45) is 0 Å². The summed E-state index contributed by atoms with van der Waals surface area (Å²) in [5, 5.41) is 12.2. The Balaban J connectivity index is 0.000000202. The highest BCUT2D eigenvalue weighted by molar-refractivity contribution is 5.98. The maximum atomic E-state index is 11.1. The van der Waals surface area contributed by atoms with E-state index in [0.717, 1.165) is 0 Å². The van der Waals surface area contributed by atoms with Gasteiger partial charge in [0.05, 0.1) is 0 Å². The van der Waals surface area contributed by atoms with Crippen LogP contribution in [0.1, 0.15) is 36.5 Å². The fraction of sp³-hybridized carbons (Fsp3) is 0.500. The first kappa shape index (κ1) is 13.9. The Kier molecular flexibility index (Phi) is 6.51. The summed E-state index contributed by atoms with van der Waals surface area (Å²) in [6.07, 6.45) is 3.31. The molecule has 1 heterocycles. The van der Waals surface area contributed by atoms with Gasteiger partial charge in [0.25, 0.3) is 0 Å². The molecule has 0 spiro atoms. The van der Waals surface area contributed by atoms with Crippen LogP contribution in [0.2, 0.25) is 0 Å². The van der Waals surface area contributed by atoms with E-state index in [1.165, 1.54) is 39.3 Å². The molecule has 0 radical (unpaired) electrons. The van der Waals surface area contributed by atoms with Gasteiger partial charge in [-0.1, -0.05) is 36.8 Å². The molecular weight excluding hydrogens is 214 g/mol. The minimum Gasteiger partial charge on any atom is -0.385 e. The molecule has 0 aliphatic carbocycles. The second-order valence-corrected chi connectivity index (χ2v) is 4.22. The van der Waals surface area contributed by atoms with Crippen LogP contribution < -0.4 is 5.32 Å². The molecule has 2 N–H and O–H groups in total. The van der Waals surface area contributed by atoms with Gasteiger partial charge in [-0.3, -0.25) is 4.79 Å². The monoisotopic (exact) mass is 235 g/mol. The van der Waals surface area contributed by atoms with Crippen molar-refractivity contribution >= 4 is 5.78 Å². The van der Waals surface area contributed by atoms with Crippen LogP contribution in [0.3, 0.4) is 0 Å². The Labute approximate surface area is 103 Å². The van der Waals surface area contributed by atoms with Crippen molar-refractivity contribution < 1.29 is 9.90 Å². The van der Waals surface area contributed by atoms with Crippen LogP contribution in [-0.4, -0.2) is 30.1 Å². The lowest BCUT2D eigenvalue weighted by Crippen LogP contribution is -2.21. The van der Waals surface area contributed by atoms with E-state index in [1.807, 2.05) is 6.07 Å². The van der Waals surface area contributed by atoms with Crippen molar-refractivity contribution in [1.82, 2.24) is 5.32 Å². The number of nitrogens with one attached hydrogen (secondary N) is 1. The zero-order valence-corrected chi connectivity index (χ0v) is 10.4. The summed E-state index contributed by atoms with van der Waals surface area (Å²) in [5.74, 6) is -0.231. The van der Waals surface area contributed by atoms with Gasteiger partial charge in [-0.25, -0.2) is 0 Å². The molecule has 1 saturated heterocycles. The first-order valence-electron chi connectivity index (χ1n) is 6.20. The molecule has 3 nitrogen and oxygen atoms in total. The number of ketones is 1. The van der Waals surface area contributed by atoms with E-state index in [0.29, 0.717) is 5.56 Å². The number of carbonyl (C=O) groups is 1. The number of benzene rings is 1. The highest BCUT2D eigenvalue weighted by atomic mass is 16.3. The van der Waals surface area contributed by atoms with Crippen molar-refractivity contribution in [3.8, 4) is 0 Å². The first-order valence-corrected chi connectivity index (χ1v) is 6.20. The Hall–Kier alpha value is -1.19. The topological polar surface area (TPSA) is 49.3 Å². The van der Waals surface area contributed by atoms with Gasteiger partial charge in [-0.15, -0.1) is 0 Å². The number of aliphatic hydroxyl groups is 1. The third kappa shape index (κ3) is 5.61. The van der Waals surface area contributed by atoms with Gasteiger partial charge in [-0.05, 0) is 32.9 Å². The highest BCUT2D eigenvalue weighted by Crippen LogP contribution is 2.02. The second kappa shape index (κ2) is 7.98. The van der Waals surface area contributed by atoms with Crippen LogP contribution in [0.5, 0.6) is 0 Å². The Morgan fingerprint density at radius 3 is 2.12 bits per heavy atom. The molecule has 1 aromatic rings. The Bertz CT molecular complexity index is 307. The average molecular weight is 235 g/mol. The van der Waals surface area contributed by atoms with Crippen LogP contribution in [0.25, 0.3) is 0 Å². The van der Waals surface area contributed by atoms with Crippen molar-refractivity contribution in [2.45, 2.75) is 32.3 Å². The highest BCUT2D eigenvalue weighted by Gasteiger charge is 2.09. The lowest BCUT2D eigenvalue weighted by atomic mass is 10.1. The molecule has 1 fully saturated rings. The maximum Gasteiger partial charge on any atom is 0.190 e. The van der Waals surface area contributed by atoms with E-state index in [1.54, 1.807) is 24.3 Å². The summed E-state index contributed by atoms with van der Waals surface area (Å²) < 4.78 is 0.